The van der Waals surface area contributed by atoms with Gasteiger partial charge in [0.25, 0.3) is 0 Å². The van der Waals surface area contributed by atoms with E-state index < -0.39 is 0 Å². The lowest BCUT2D eigenvalue weighted by atomic mass is 10.2. The second-order valence-electron chi connectivity index (χ2n) is 5.19. The molecular weight excluding hydrogens is 250 g/mol. The highest BCUT2D eigenvalue weighted by Gasteiger charge is 2.08. The molecule has 1 N–H and O–H groups in total. The number of likely N-dealkylation sites (N-methyl/N-ethyl adjacent to an activating group) is 1. The predicted octanol–water partition coefficient (Wildman–Crippen LogP) is 1.96. The maximum absolute atomic E-state index is 5.32. The fourth-order valence-electron chi connectivity index (χ4n) is 1.99. The van der Waals surface area contributed by atoms with Crippen LogP contribution < -0.4 is 5.32 Å². The van der Waals surface area contributed by atoms with Gasteiger partial charge in [-0.2, -0.15) is 0 Å². The van der Waals surface area contributed by atoms with Crippen molar-refractivity contribution in [1.82, 2.24) is 15.2 Å². The summed E-state index contributed by atoms with van der Waals surface area (Å²) in [4.78, 5) is 6.44. The highest BCUT2D eigenvalue weighted by atomic mass is 16.5. The zero-order valence-electron chi connectivity index (χ0n) is 13.1. The second kappa shape index (κ2) is 10.8. The maximum Gasteiger partial charge on any atom is 0.0477 e. The van der Waals surface area contributed by atoms with Gasteiger partial charge < -0.3 is 15.0 Å². The molecule has 1 unspecified atom stereocenters. The monoisotopic (exact) mass is 279 g/mol. The number of ether oxygens (including phenoxy) is 1. The largest absolute Gasteiger partial charge is 0.382 e. The summed E-state index contributed by atoms with van der Waals surface area (Å²) in [5.74, 6) is 0. The van der Waals surface area contributed by atoms with Gasteiger partial charge in [-0.05, 0) is 58.0 Å². The number of hydrogen-bond acceptors (Lipinski definition) is 4. The van der Waals surface area contributed by atoms with Crippen molar-refractivity contribution in [3.63, 3.8) is 0 Å². The fourth-order valence-corrected chi connectivity index (χ4v) is 1.99. The molecule has 1 aromatic heterocycles. The molecule has 0 saturated carbocycles. The standard InChI is InChI=1S/C16H29N3O/c1-4-20-13-5-9-18-14-15(2)19(3)12-8-16-6-10-17-11-7-16/h6-7,10-11,15,18H,4-5,8-9,12-14H2,1-3H3. The molecule has 0 radical (unpaired) electrons. The molecule has 114 valence electrons. The van der Waals surface area contributed by atoms with Crippen molar-refractivity contribution >= 4 is 0 Å². The first-order chi connectivity index (χ1) is 9.74. The number of hydrogen-bond donors (Lipinski definition) is 1. The Bertz CT molecular complexity index is 332. The lowest BCUT2D eigenvalue weighted by molar-refractivity contribution is 0.144. The molecule has 1 aromatic rings. The summed E-state index contributed by atoms with van der Waals surface area (Å²) in [5, 5.41) is 3.49. The van der Waals surface area contributed by atoms with Gasteiger partial charge in [0.05, 0.1) is 0 Å². The fraction of sp³-hybridized carbons (Fsp3) is 0.688. The zero-order chi connectivity index (χ0) is 14.6. The predicted molar refractivity (Wildman–Crippen MR) is 84.0 cm³/mol. The average Bonchev–Trinajstić information content (AvgIpc) is 2.49. The van der Waals surface area contributed by atoms with Gasteiger partial charge in [0, 0.05) is 44.7 Å². The van der Waals surface area contributed by atoms with Crippen LogP contribution in [0.5, 0.6) is 0 Å². The van der Waals surface area contributed by atoms with Gasteiger partial charge in [0.1, 0.15) is 0 Å². The van der Waals surface area contributed by atoms with Gasteiger partial charge in [-0.1, -0.05) is 0 Å². The lowest BCUT2D eigenvalue weighted by Gasteiger charge is -2.25. The number of nitrogens with zero attached hydrogens (tertiary/aromatic N) is 2. The van der Waals surface area contributed by atoms with Crippen LogP contribution in [0.25, 0.3) is 0 Å². The van der Waals surface area contributed by atoms with E-state index in [-0.39, 0.29) is 0 Å². The molecule has 1 rings (SSSR count). The van der Waals surface area contributed by atoms with Crippen LogP contribution in [-0.4, -0.2) is 55.8 Å². The van der Waals surface area contributed by atoms with E-state index in [0.29, 0.717) is 6.04 Å². The molecule has 0 saturated heterocycles. The Labute approximate surface area is 123 Å². The molecule has 1 atom stereocenters. The van der Waals surface area contributed by atoms with Crippen molar-refractivity contribution in [2.45, 2.75) is 32.7 Å². The van der Waals surface area contributed by atoms with Crippen molar-refractivity contribution in [1.29, 1.82) is 0 Å². The molecular formula is C16H29N3O. The molecule has 20 heavy (non-hydrogen) atoms. The normalized spacial score (nSPS) is 12.8. The molecule has 0 aliphatic heterocycles. The van der Waals surface area contributed by atoms with Gasteiger partial charge in [-0.15, -0.1) is 0 Å². The third-order valence-electron chi connectivity index (χ3n) is 3.54. The van der Waals surface area contributed by atoms with Crippen LogP contribution in [0.1, 0.15) is 25.8 Å². The highest BCUT2D eigenvalue weighted by Crippen LogP contribution is 2.01. The first kappa shape index (κ1) is 17.1. The minimum atomic E-state index is 0.545. The van der Waals surface area contributed by atoms with Crippen LogP contribution in [0.3, 0.4) is 0 Å². The minimum Gasteiger partial charge on any atom is -0.382 e. The highest BCUT2D eigenvalue weighted by molar-refractivity contribution is 5.09. The summed E-state index contributed by atoms with van der Waals surface area (Å²) in [6.07, 6.45) is 5.88. The zero-order valence-corrected chi connectivity index (χ0v) is 13.1. The van der Waals surface area contributed by atoms with E-state index in [1.54, 1.807) is 0 Å². The SMILES string of the molecule is CCOCCCNCC(C)N(C)CCc1ccncc1. The van der Waals surface area contributed by atoms with Gasteiger partial charge >= 0.3 is 0 Å². The van der Waals surface area contributed by atoms with Crippen molar-refractivity contribution in [2.24, 2.45) is 0 Å². The topological polar surface area (TPSA) is 37.4 Å². The molecule has 0 aliphatic carbocycles. The van der Waals surface area contributed by atoms with Gasteiger partial charge in [-0.3, -0.25) is 4.98 Å². The van der Waals surface area contributed by atoms with E-state index in [1.165, 1.54) is 5.56 Å². The van der Waals surface area contributed by atoms with Crippen LogP contribution in [0.15, 0.2) is 24.5 Å². The van der Waals surface area contributed by atoms with Crippen LogP contribution in [-0.2, 0) is 11.2 Å². The van der Waals surface area contributed by atoms with Crippen LogP contribution in [0, 0.1) is 0 Å². The molecule has 1 heterocycles. The van der Waals surface area contributed by atoms with Crippen molar-refractivity contribution in [3.05, 3.63) is 30.1 Å². The average molecular weight is 279 g/mol. The molecule has 0 aliphatic rings. The molecule has 0 bridgehead atoms. The quantitative estimate of drug-likeness (QED) is 0.628. The number of pyridine rings is 1. The summed E-state index contributed by atoms with van der Waals surface area (Å²) < 4.78 is 5.32. The first-order valence-electron chi connectivity index (χ1n) is 7.61. The molecule has 0 amide bonds. The number of aromatic nitrogens is 1. The summed E-state index contributed by atoms with van der Waals surface area (Å²) in [7, 11) is 2.19. The Balaban J connectivity index is 2.08. The van der Waals surface area contributed by atoms with Gasteiger partial charge in [-0.25, -0.2) is 0 Å². The van der Waals surface area contributed by atoms with Gasteiger partial charge in [0.2, 0.25) is 0 Å². The Morgan fingerprint density at radius 2 is 2.10 bits per heavy atom. The Morgan fingerprint density at radius 1 is 1.35 bits per heavy atom. The molecule has 4 nitrogen and oxygen atoms in total. The molecule has 0 aromatic carbocycles. The second-order valence-corrected chi connectivity index (χ2v) is 5.19. The van der Waals surface area contributed by atoms with Crippen molar-refractivity contribution in [2.75, 3.05) is 39.9 Å². The van der Waals surface area contributed by atoms with E-state index >= 15 is 0 Å². The van der Waals surface area contributed by atoms with E-state index in [1.807, 2.05) is 19.3 Å². The third-order valence-corrected chi connectivity index (χ3v) is 3.54. The van der Waals surface area contributed by atoms with E-state index in [9.17, 15) is 0 Å². The summed E-state index contributed by atoms with van der Waals surface area (Å²) >= 11 is 0. The molecule has 0 fully saturated rings. The Hall–Kier alpha value is -0.970. The van der Waals surface area contributed by atoms with E-state index in [0.717, 1.165) is 45.7 Å². The van der Waals surface area contributed by atoms with Gasteiger partial charge in [0.15, 0.2) is 0 Å². The molecule has 4 heteroatoms. The van der Waals surface area contributed by atoms with Crippen LogP contribution in [0.4, 0.5) is 0 Å². The third kappa shape index (κ3) is 7.58. The Morgan fingerprint density at radius 3 is 2.80 bits per heavy atom. The minimum absolute atomic E-state index is 0.545. The Kier molecular flexibility index (Phi) is 9.20. The molecule has 0 spiro atoms. The number of nitrogens with one attached hydrogen (secondary N) is 1. The maximum atomic E-state index is 5.32. The van der Waals surface area contributed by atoms with Crippen molar-refractivity contribution < 1.29 is 4.74 Å². The van der Waals surface area contributed by atoms with Crippen LogP contribution >= 0.6 is 0 Å². The lowest BCUT2D eigenvalue weighted by Crippen LogP contribution is -2.39. The van der Waals surface area contributed by atoms with E-state index in [2.05, 4.69) is 41.3 Å². The first-order valence-corrected chi connectivity index (χ1v) is 7.61. The van der Waals surface area contributed by atoms with Crippen molar-refractivity contribution in [3.8, 4) is 0 Å². The van der Waals surface area contributed by atoms with E-state index in [4.69, 9.17) is 4.74 Å². The summed E-state index contributed by atoms with van der Waals surface area (Å²) in [6, 6.07) is 4.72. The van der Waals surface area contributed by atoms with Crippen LogP contribution in [0.2, 0.25) is 0 Å². The summed E-state index contributed by atoms with van der Waals surface area (Å²) in [5.41, 5.74) is 1.35. The smallest absolute Gasteiger partial charge is 0.0477 e. The summed E-state index contributed by atoms with van der Waals surface area (Å²) in [6.45, 7) is 9.10. The number of rotatable bonds is 11.